The topological polar surface area (TPSA) is 41.5 Å². The van der Waals surface area contributed by atoms with Crippen molar-refractivity contribution in [2.75, 3.05) is 26.3 Å². The van der Waals surface area contributed by atoms with Crippen molar-refractivity contribution in [3.8, 4) is 5.75 Å². The fraction of sp³-hybridized carbons (Fsp3) is 0.647. The average molecular weight is 275 g/mol. The molecule has 2 N–H and O–H groups in total. The first-order valence-electron chi connectivity index (χ1n) is 7.91. The number of benzene rings is 1. The summed E-state index contributed by atoms with van der Waals surface area (Å²) in [7, 11) is 0. The molecule has 0 aromatic heterocycles. The van der Waals surface area contributed by atoms with E-state index in [1.807, 2.05) is 6.07 Å². The van der Waals surface area contributed by atoms with Gasteiger partial charge in [-0.3, -0.25) is 0 Å². The molecule has 0 amide bonds. The second kappa shape index (κ2) is 6.59. The number of hydrogen-bond acceptors (Lipinski definition) is 3. The van der Waals surface area contributed by atoms with E-state index in [1.54, 1.807) is 0 Å². The molecule has 1 aromatic carbocycles. The van der Waals surface area contributed by atoms with Crippen LogP contribution < -0.4 is 10.1 Å². The molecule has 2 aliphatic rings. The maximum absolute atomic E-state index is 9.37. The molecule has 1 aromatic rings. The van der Waals surface area contributed by atoms with Crippen molar-refractivity contribution in [3.63, 3.8) is 0 Å². The highest BCUT2D eigenvalue weighted by molar-refractivity contribution is 5.37. The second-order valence-electron chi connectivity index (χ2n) is 6.16. The van der Waals surface area contributed by atoms with Crippen LogP contribution in [0.3, 0.4) is 0 Å². The Morgan fingerprint density at radius 1 is 1.10 bits per heavy atom. The van der Waals surface area contributed by atoms with Gasteiger partial charge in [0.1, 0.15) is 5.75 Å². The zero-order valence-electron chi connectivity index (χ0n) is 12.1. The number of hydrogen-bond donors (Lipinski definition) is 2. The summed E-state index contributed by atoms with van der Waals surface area (Å²) in [5, 5.41) is 13.0. The van der Waals surface area contributed by atoms with E-state index in [0.717, 1.165) is 31.9 Å². The predicted molar refractivity (Wildman–Crippen MR) is 80.1 cm³/mol. The summed E-state index contributed by atoms with van der Waals surface area (Å²) in [5.74, 6) is 2.80. The van der Waals surface area contributed by atoms with Gasteiger partial charge in [0.25, 0.3) is 0 Å². The SMILES string of the molecule is OCC1CCCC1CNCC1CCOc2ccccc21. The minimum Gasteiger partial charge on any atom is -0.493 e. The van der Waals surface area contributed by atoms with Gasteiger partial charge in [0, 0.05) is 19.1 Å². The molecule has 0 radical (unpaired) electrons. The molecule has 1 fully saturated rings. The van der Waals surface area contributed by atoms with E-state index in [1.165, 1.54) is 24.8 Å². The van der Waals surface area contributed by atoms with Crippen LogP contribution >= 0.6 is 0 Å². The predicted octanol–water partition coefficient (Wildman–Crippen LogP) is 2.55. The molecule has 3 heteroatoms. The van der Waals surface area contributed by atoms with Crippen LogP contribution in [0.4, 0.5) is 0 Å². The quantitative estimate of drug-likeness (QED) is 0.868. The number of aliphatic hydroxyl groups excluding tert-OH is 1. The Morgan fingerprint density at radius 2 is 1.95 bits per heavy atom. The Labute approximate surface area is 121 Å². The summed E-state index contributed by atoms with van der Waals surface area (Å²) in [4.78, 5) is 0. The molecule has 0 bridgehead atoms. The molecule has 110 valence electrons. The first-order chi connectivity index (χ1) is 9.88. The van der Waals surface area contributed by atoms with Crippen molar-refractivity contribution >= 4 is 0 Å². The van der Waals surface area contributed by atoms with Crippen molar-refractivity contribution in [1.29, 1.82) is 0 Å². The molecule has 1 heterocycles. The number of nitrogens with one attached hydrogen (secondary N) is 1. The lowest BCUT2D eigenvalue weighted by atomic mass is 9.92. The van der Waals surface area contributed by atoms with Crippen LogP contribution in [0.1, 0.15) is 37.2 Å². The zero-order valence-corrected chi connectivity index (χ0v) is 12.1. The number of ether oxygens (including phenoxy) is 1. The van der Waals surface area contributed by atoms with Gasteiger partial charge < -0.3 is 15.2 Å². The van der Waals surface area contributed by atoms with Gasteiger partial charge in [-0.05, 0) is 49.3 Å². The fourth-order valence-electron chi connectivity index (χ4n) is 3.69. The van der Waals surface area contributed by atoms with Crippen LogP contribution in [-0.4, -0.2) is 31.4 Å². The highest BCUT2D eigenvalue weighted by atomic mass is 16.5. The van der Waals surface area contributed by atoms with Gasteiger partial charge in [0.05, 0.1) is 6.61 Å². The third-order valence-corrected chi connectivity index (χ3v) is 4.93. The Bertz CT molecular complexity index is 435. The van der Waals surface area contributed by atoms with Gasteiger partial charge >= 0.3 is 0 Å². The number of aliphatic hydroxyl groups is 1. The first kappa shape index (κ1) is 13.9. The molecule has 0 saturated heterocycles. The molecule has 0 spiro atoms. The summed E-state index contributed by atoms with van der Waals surface area (Å²) >= 11 is 0. The van der Waals surface area contributed by atoms with E-state index in [0.29, 0.717) is 24.4 Å². The van der Waals surface area contributed by atoms with Gasteiger partial charge in [-0.25, -0.2) is 0 Å². The standard InChI is InChI=1S/C17H25NO2/c19-12-15-5-3-4-13(15)10-18-11-14-8-9-20-17-7-2-1-6-16(14)17/h1-2,6-7,13-15,18-19H,3-5,8-12H2. The Balaban J connectivity index is 1.52. The van der Waals surface area contributed by atoms with E-state index in [4.69, 9.17) is 4.74 Å². The fourth-order valence-corrected chi connectivity index (χ4v) is 3.69. The van der Waals surface area contributed by atoms with E-state index >= 15 is 0 Å². The normalized spacial score (nSPS) is 28.9. The van der Waals surface area contributed by atoms with E-state index in [2.05, 4.69) is 23.5 Å². The first-order valence-corrected chi connectivity index (χ1v) is 7.91. The van der Waals surface area contributed by atoms with Crippen molar-refractivity contribution in [2.24, 2.45) is 11.8 Å². The van der Waals surface area contributed by atoms with Crippen LogP contribution in [0.15, 0.2) is 24.3 Å². The third-order valence-electron chi connectivity index (χ3n) is 4.93. The molecular formula is C17H25NO2. The number of fused-ring (bicyclic) bond motifs is 1. The van der Waals surface area contributed by atoms with Crippen LogP contribution in [0, 0.1) is 11.8 Å². The maximum atomic E-state index is 9.37. The average Bonchev–Trinajstić information content (AvgIpc) is 2.95. The van der Waals surface area contributed by atoms with Crippen LogP contribution in [-0.2, 0) is 0 Å². The van der Waals surface area contributed by atoms with Crippen molar-refractivity contribution in [1.82, 2.24) is 5.32 Å². The van der Waals surface area contributed by atoms with Crippen molar-refractivity contribution in [2.45, 2.75) is 31.6 Å². The van der Waals surface area contributed by atoms with Crippen LogP contribution in [0.25, 0.3) is 0 Å². The molecule has 1 aliphatic heterocycles. The van der Waals surface area contributed by atoms with Gasteiger partial charge in [0.2, 0.25) is 0 Å². The molecule has 3 unspecified atom stereocenters. The summed E-state index contributed by atoms with van der Waals surface area (Å²) in [6, 6.07) is 8.39. The van der Waals surface area contributed by atoms with Gasteiger partial charge in [-0.15, -0.1) is 0 Å². The molecule has 3 rings (SSSR count). The van der Waals surface area contributed by atoms with Crippen molar-refractivity contribution in [3.05, 3.63) is 29.8 Å². The van der Waals surface area contributed by atoms with E-state index in [-0.39, 0.29) is 0 Å². The Morgan fingerprint density at radius 3 is 2.85 bits per heavy atom. The van der Waals surface area contributed by atoms with Gasteiger partial charge in [-0.2, -0.15) is 0 Å². The lowest BCUT2D eigenvalue weighted by Crippen LogP contribution is -2.31. The highest BCUT2D eigenvalue weighted by Gasteiger charge is 2.27. The summed E-state index contributed by atoms with van der Waals surface area (Å²) in [6.07, 6.45) is 4.83. The number of rotatable bonds is 5. The summed E-state index contributed by atoms with van der Waals surface area (Å²) in [5.41, 5.74) is 1.34. The molecular weight excluding hydrogens is 250 g/mol. The monoisotopic (exact) mass is 275 g/mol. The molecule has 20 heavy (non-hydrogen) atoms. The van der Waals surface area contributed by atoms with Gasteiger partial charge in [0.15, 0.2) is 0 Å². The largest absolute Gasteiger partial charge is 0.493 e. The second-order valence-corrected chi connectivity index (χ2v) is 6.16. The maximum Gasteiger partial charge on any atom is 0.122 e. The Hall–Kier alpha value is -1.06. The minimum absolute atomic E-state index is 0.354. The van der Waals surface area contributed by atoms with Crippen LogP contribution in [0.2, 0.25) is 0 Å². The van der Waals surface area contributed by atoms with Crippen molar-refractivity contribution < 1.29 is 9.84 Å². The zero-order chi connectivity index (χ0) is 13.8. The summed E-state index contributed by atoms with van der Waals surface area (Å²) in [6.45, 7) is 3.25. The molecule has 3 nitrogen and oxygen atoms in total. The minimum atomic E-state index is 0.354. The lowest BCUT2D eigenvalue weighted by molar-refractivity contribution is 0.191. The van der Waals surface area contributed by atoms with E-state index < -0.39 is 0 Å². The van der Waals surface area contributed by atoms with Gasteiger partial charge in [-0.1, -0.05) is 24.6 Å². The third kappa shape index (κ3) is 2.99. The smallest absolute Gasteiger partial charge is 0.122 e. The van der Waals surface area contributed by atoms with E-state index in [9.17, 15) is 5.11 Å². The number of para-hydroxylation sites is 1. The molecule has 3 atom stereocenters. The lowest BCUT2D eigenvalue weighted by Gasteiger charge is -2.27. The Kier molecular flexibility index (Phi) is 4.58. The van der Waals surface area contributed by atoms with Crippen LogP contribution in [0.5, 0.6) is 5.75 Å². The highest BCUT2D eigenvalue weighted by Crippen LogP contribution is 2.33. The molecule has 1 saturated carbocycles. The molecule has 1 aliphatic carbocycles. The summed E-state index contributed by atoms with van der Waals surface area (Å²) < 4.78 is 5.71.